The standard InChI is InChI=1S/C13H17NO/c1-2-6-13-12(4-1)11-5-3-7-14-8-10(11)9-15-13/h1-2,4,6,10-11,14H,3,5,7-9H2. The van der Waals surface area contributed by atoms with Gasteiger partial charge in [-0.2, -0.15) is 0 Å². The zero-order valence-corrected chi connectivity index (χ0v) is 8.91. The van der Waals surface area contributed by atoms with E-state index in [1.54, 1.807) is 0 Å². The van der Waals surface area contributed by atoms with Crippen LogP contribution in [0.2, 0.25) is 0 Å². The maximum atomic E-state index is 5.81. The molecule has 0 amide bonds. The van der Waals surface area contributed by atoms with Gasteiger partial charge in [-0.05, 0) is 36.9 Å². The first-order valence-electron chi connectivity index (χ1n) is 5.87. The molecule has 0 bridgehead atoms. The Labute approximate surface area is 90.6 Å². The van der Waals surface area contributed by atoms with Gasteiger partial charge in [-0.1, -0.05) is 18.2 Å². The quantitative estimate of drug-likeness (QED) is 0.697. The number of nitrogens with one attached hydrogen (secondary N) is 1. The number of ether oxygens (including phenoxy) is 1. The number of para-hydroxylation sites is 1. The van der Waals surface area contributed by atoms with Crippen molar-refractivity contribution in [2.24, 2.45) is 5.92 Å². The Bertz CT molecular complexity index is 350. The SMILES string of the molecule is c1ccc2c(c1)OCC1CNCCCC21. The molecular formula is C13H17NO. The smallest absolute Gasteiger partial charge is 0.122 e. The van der Waals surface area contributed by atoms with E-state index in [1.807, 2.05) is 0 Å². The first kappa shape index (κ1) is 9.22. The van der Waals surface area contributed by atoms with Crippen LogP contribution in [0.15, 0.2) is 24.3 Å². The van der Waals surface area contributed by atoms with E-state index in [0.29, 0.717) is 11.8 Å². The van der Waals surface area contributed by atoms with E-state index in [1.165, 1.54) is 18.4 Å². The summed E-state index contributed by atoms with van der Waals surface area (Å²) in [4.78, 5) is 0. The van der Waals surface area contributed by atoms with Gasteiger partial charge in [-0.25, -0.2) is 0 Å². The summed E-state index contributed by atoms with van der Waals surface area (Å²) in [6, 6.07) is 8.53. The van der Waals surface area contributed by atoms with Crippen LogP contribution >= 0.6 is 0 Å². The van der Waals surface area contributed by atoms with Gasteiger partial charge >= 0.3 is 0 Å². The van der Waals surface area contributed by atoms with Gasteiger partial charge in [0.2, 0.25) is 0 Å². The lowest BCUT2D eigenvalue weighted by Crippen LogP contribution is -2.32. The summed E-state index contributed by atoms with van der Waals surface area (Å²) >= 11 is 0. The fraction of sp³-hybridized carbons (Fsp3) is 0.538. The Kier molecular flexibility index (Phi) is 2.37. The molecule has 2 aliphatic heterocycles. The minimum absolute atomic E-state index is 0.669. The summed E-state index contributed by atoms with van der Waals surface area (Å²) in [6.07, 6.45) is 2.59. The summed E-state index contributed by atoms with van der Waals surface area (Å²) in [6.45, 7) is 3.16. The van der Waals surface area contributed by atoms with Gasteiger partial charge in [0.05, 0.1) is 6.61 Å². The molecule has 80 valence electrons. The molecule has 1 fully saturated rings. The van der Waals surface area contributed by atoms with Crippen LogP contribution in [0.5, 0.6) is 5.75 Å². The van der Waals surface area contributed by atoms with Crippen molar-refractivity contribution in [3.63, 3.8) is 0 Å². The molecule has 2 heterocycles. The Morgan fingerprint density at radius 1 is 1.27 bits per heavy atom. The molecule has 0 aromatic heterocycles. The number of rotatable bonds is 0. The molecule has 2 heteroatoms. The molecule has 15 heavy (non-hydrogen) atoms. The first-order chi connectivity index (χ1) is 7.45. The Morgan fingerprint density at radius 3 is 3.20 bits per heavy atom. The van der Waals surface area contributed by atoms with Gasteiger partial charge in [0.15, 0.2) is 0 Å². The fourth-order valence-corrected chi connectivity index (χ4v) is 2.81. The molecule has 2 unspecified atom stereocenters. The maximum Gasteiger partial charge on any atom is 0.122 e. The van der Waals surface area contributed by atoms with Crippen molar-refractivity contribution in [1.29, 1.82) is 0 Å². The normalized spacial score (nSPS) is 29.6. The predicted octanol–water partition coefficient (Wildman–Crippen LogP) is 2.16. The minimum atomic E-state index is 0.669. The molecule has 1 aromatic carbocycles. The zero-order chi connectivity index (χ0) is 10.1. The minimum Gasteiger partial charge on any atom is -0.493 e. The second-order valence-electron chi connectivity index (χ2n) is 4.56. The van der Waals surface area contributed by atoms with Gasteiger partial charge in [0, 0.05) is 12.5 Å². The maximum absolute atomic E-state index is 5.81. The first-order valence-corrected chi connectivity index (χ1v) is 5.87. The fourth-order valence-electron chi connectivity index (χ4n) is 2.81. The summed E-state index contributed by atoms with van der Waals surface area (Å²) in [5.74, 6) is 2.49. The molecule has 0 aliphatic carbocycles. The van der Waals surface area contributed by atoms with Crippen LogP contribution in [0.3, 0.4) is 0 Å². The van der Waals surface area contributed by atoms with Crippen LogP contribution in [0.4, 0.5) is 0 Å². The van der Waals surface area contributed by atoms with Crippen molar-refractivity contribution in [3.05, 3.63) is 29.8 Å². The number of hydrogen-bond donors (Lipinski definition) is 1. The highest BCUT2D eigenvalue weighted by molar-refractivity contribution is 5.38. The van der Waals surface area contributed by atoms with E-state index in [-0.39, 0.29) is 0 Å². The summed E-state index contributed by atoms with van der Waals surface area (Å²) in [7, 11) is 0. The van der Waals surface area contributed by atoms with Gasteiger partial charge in [0.25, 0.3) is 0 Å². The Morgan fingerprint density at radius 2 is 2.20 bits per heavy atom. The third kappa shape index (κ3) is 1.63. The number of benzene rings is 1. The third-order valence-electron chi connectivity index (χ3n) is 3.62. The largest absolute Gasteiger partial charge is 0.493 e. The number of fused-ring (bicyclic) bond motifs is 3. The van der Waals surface area contributed by atoms with Gasteiger partial charge in [-0.3, -0.25) is 0 Å². The highest BCUT2D eigenvalue weighted by Gasteiger charge is 2.31. The van der Waals surface area contributed by atoms with E-state index in [2.05, 4.69) is 29.6 Å². The lowest BCUT2D eigenvalue weighted by molar-refractivity contribution is 0.193. The van der Waals surface area contributed by atoms with Crippen LogP contribution in [0.1, 0.15) is 24.3 Å². The van der Waals surface area contributed by atoms with E-state index < -0.39 is 0 Å². The lowest BCUT2D eigenvalue weighted by Gasteiger charge is -2.32. The van der Waals surface area contributed by atoms with Crippen molar-refractivity contribution in [3.8, 4) is 5.75 Å². The molecule has 2 nitrogen and oxygen atoms in total. The molecule has 3 rings (SSSR count). The van der Waals surface area contributed by atoms with Crippen LogP contribution in [-0.4, -0.2) is 19.7 Å². The van der Waals surface area contributed by atoms with Gasteiger partial charge < -0.3 is 10.1 Å². The molecule has 1 saturated heterocycles. The molecule has 2 aliphatic rings. The zero-order valence-electron chi connectivity index (χ0n) is 8.91. The average molecular weight is 203 g/mol. The summed E-state index contributed by atoms with van der Waals surface area (Å²) in [5, 5.41) is 3.50. The Hall–Kier alpha value is -1.02. The molecule has 0 radical (unpaired) electrons. The second kappa shape index (κ2) is 3.86. The molecule has 1 N–H and O–H groups in total. The summed E-state index contributed by atoms with van der Waals surface area (Å²) < 4.78 is 5.81. The van der Waals surface area contributed by atoms with Gasteiger partial charge in [0.1, 0.15) is 5.75 Å². The van der Waals surface area contributed by atoms with Crippen molar-refractivity contribution in [1.82, 2.24) is 5.32 Å². The monoisotopic (exact) mass is 203 g/mol. The van der Waals surface area contributed by atoms with E-state index in [0.717, 1.165) is 25.4 Å². The molecule has 0 spiro atoms. The Balaban J connectivity index is 1.96. The highest BCUT2D eigenvalue weighted by Crippen LogP contribution is 2.40. The van der Waals surface area contributed by atoms with E-state index in [9.17, 15) is 0 Å². The average Bonchev–Trinajstić information content (AvgIpc) is 2.54. The molecule has 2 atom stereocenters. The van der Waals surface area contributed by atoms with Crippen molar-refractivity contribution >= 4 is 0 Å². The van der Waals surface area contributed by atoms with Gasteiger partial charge in [-0.15, -0.1) is 0 Å². The van der Waals surface area contributed by atoms with Crippen molar-refractivity contribution in [2.45, 2.75) is 18.8 Å². The highest BCUT2D eigenvalue weighted by atomic mass is 16.5. The third-order valence-corrected chi connectivity index (χ3v) is 3.62. The second-order valence-corrected chi connectivity index (χ2v) is 4.56. The lowest BCUT2D eigenvalue weighted by atomic mass is 9.82. The molecule has 0 saturated carbocycles. The van der Waals surface area contributed by atoms with Crippen LogP contribution in [0.25, 0.3) is 0 Å². The van der Waals surface area contributed by atoms with E-state index >= 15 is 0 Å². The van der Waals surface area contributed by atoms with Crippen LogP contribution in [0, 0.1) is 5.92 Å². The molecule has 1 aromatic rings. The van der Waals surface area contributed by atoms with Crippen LogP contribution < -0.4 is 10.1 Å². The predicted molar refractivity (Wildman–Crippen MR) is 60.3 cm³/mol. The van der Waals surface area contributed by atoms with Crippen molar-refractivity contribution < 1.29 is 4.74 Å². The number of hydrogen-bond acceptors (Lipinski definition) is 2. The van der Waals surface area contributed by atoms with Crippen molar-refractivity contribution in [2.75, 3.05) is 19.7 Å². The van der Waals surface area contributed by atoms with Crippen LogP contribution in [-0.2, 0) is 0 Å². The topological polar surface area (TPSA) is 21.3 Å². The van der Waals surface area contributed by atoms with E-state index in [4.69, 9.17) is 4.74 Å². The summed E-state index contributed by atoms with van der Waals surface area (Å²) in [5.41, 5.74) is 1.43. The molecular weight excluding hydrogens is 186 g/mol.